The highest BCUT2D eigenvalue weighted by atomic mass is 16.5. The molecule has 4 aliphatic carbocycles. The number of ether oxygens (including phenoxy) is 1. The van der Waals surface area contributed by atoms with Crippen molar-refractivity contribution in [3.63, 3.8) is 0 Å². The molecule has 210 valence electrons. The Balaban J connectivity index is 1.46. The first-order valence-electron chi connectivity index (χ1n) is 15.2. The first kappa shape index (κ1) is 27.1. The van der Waals surface area contributed by atoms with Crippen LogP contribution in [0.5, 0.6) is 0 Å². The molecule has 1 heterocycles. The van der Waals surface area contributed by atoms with Gasteiger partial charge in [-0.15, -0.1) is 5.92 Å². The summed E-state index contributed by atoms with van der Waals surface area (Å²) >= 11 is 0. The minimum atomic E-state index is -0.829. The molecular formula is C35H41NO4. The summed E-state index contributed by atoms with van der Waals surface area (Å²) in [6.07, 6.45) is 10.2. The van der Waals surface area contributed by atoms with Crippen molar-refractivity contribution in [2.45, 2.75) is 84.5 Å². The van der Waals surface area contributed by atoms with Gasteiger partial charge in [0.05, 0.1) is 5.41 Å². The van der Waals surface area contributed by atoms with Crippen molar-refractivity contribution in [3.8, 4) is 11.8 Å². The number of rotatable bonds is 5. The third kappa shape index (κ3) is 4.26. The molecule has 5 heteroatoms. The second-order valence-electron chi connectivity index (χ2n) is 12.8. The van der Waals surface area contributed by atoms with Gasteiger partial charge in [-0.3, -0.25) is 14.4 Å². The van der Waals surface area contributed by atoms with E-state index in [2.05, 4.69) is 47.9 Å². The van der Waals surface area contributed by atoms with E-state index in [1.54, 1.807) is 0 Å². The lowest BCUT2D eigenvalue weighted by Crippen LogP contribution is -2.51. The molecule has 2 saturated carbocycles. The Morgan fingerprint density at radius 3 is 2.52 bits per heavy atom. The van der Waals surface area contributed by atoms with Crippen LogP contribution < -0.4 is 4.90 Å². The zero-order valence-corrected chi connectivity index (χ0v) is 24.2. The number of carbonyl (C=O) groups is 3. The third-order valence-electron chi connectivity index (χ3n) is 10.9. The van der Waals surface area contributed by atoms with Crippen LogP contribution in [0.15, 0.2) is 47.1 Å². The van der Waals surface area contributed by atoms with E-state index in [0.29, 0.717) is 24.7 Å². The van der Waals surface area contributed by atoms with E-state index in [0.717, 1.165) is 45.2 Å². The number of esters is 1. The number of allylic oxidation sites excluding steroid dienone is 4. The Morgan fingerprint density at radius 2 is 1.82 bits per heavy atom. The summed E-state index contributed by atoms with van der Waals surface area (Å²) < 4.78 is 5.26. The number of carbonyl (C=O) groups excluding carboxylic acids is 3. The van der Waals surface area contributed by atoms with E-state index < -0.39 is 11.4 Å². The number of benzene rings is 1. The Kier molecular flexibility index (Phi) is 7.01. The Bertz CT molecular complexity index is 1350. The number of ketones is 2. The maximum atomic E-state index is 13.9. The lowest BCUT2D eigenvalue weighted by molar-refractivity contribution is -0.150. The molecule has 0 amide bonds. The molecule has 5 nitrogen and oxygen atoms in total. The summed E-state index contributed by atoms with van der Waals surface area (Å²) in [5, 5.41) is 0. The second kappa shape index (κ2) is 10.4. The van der Waals surface area contributed by atoms with Crippen molar-refractivity contribution in [2.75, 3.05) is 24.6 Å². The predicted octanol–water partition coefficient (Wildman–Crippen LogP) is 6.33. The van der Waals surface area contributed by atoms with Crippen LogP contribution in [0.1, 0.15) is 90.0 Å². The minimum absolute atomic E-state index is 0.0547. The SMILES string of the molecule is CC#C[C@]1(C(=O)COC(C)=O)CC[C@H]2[C@@H]3CCC4=CC(=O)CCC4=C3C(c3ccc(N4CCCC4)cc3)C[C@@]21C. The van der Waals surface area contributed by atoms with Crippen molar-refractivity contribution in [1.29, 1.82) is 0 Å². The molecule has 1 aromatic rings. The molecule has 1 aliphatic heterocycles. The van der Waals surface area contributed by atoms with E-state index in [1.165, 1.54) is 47.7 Å². The van der Waals surface area contributed by atoms with Crippen molar-refractivity contribution in [1.82, 2.24) is 0 Å². The number of fused-ring (bicyclic) bond motifs is 4. The molecule has 6 rings (SSSR count). The number of hydrogen-bond donors (Lipinski definition) is 0. The van der Waals surface area contributed by atoms with Crippen LogP contribution in [0.25, 0.3) is 0 Å². The van der Waals surface area contributed by atoms with Gasteiger partial charge in [0.1, 0.15) is 0 Å². The molecule has 1 aromatic carbocycles. The van der Waals surface area contributed by atoms with E-state index in [1.807, 2.05) is 13.0 Å². The highest BCUT2D eigenvalue weighted by molar-refractivity contribution is 5.93. The first-order chi connectivity index (χ1) is 19.3. The molecule has 0 aromatic heterocycles. The smallest absolute Gasteiger partial charge is 0.303 e. The molecule has 40 heavy (non-hydrogen) atoms. The van der Waals surface area contributed by atoms with Gasteiger partial charge in [0.2, 0.25) is 0 Å². The third-order valence-corrected chi connectivity index (χ3v) is 10.9. The second-order valence-corrected chi connectivity index (χ2v) is 12.8. The quantitative estimate of drug-likeness (QED) is 0.323. The van der Waals surface area contributed by atoms with E-state index >= 15 is 0 Å². The van der Waals surface area contributed by atoms with Gasteiger partial charge in [-0.1, -0.05) is 30.6 Å². The summed E-state index contributed by atoms with van der Waals surface area (Å²) in [4.78, 5) is 40.4. The van der Waals surface area contributed by atoms with Crippen LogP contribution in [0.4, 0.5) is 5.69 Å². The van der Waals surface area contributed by atoms with Crippen LogP contribution in [-0.4, -0.2) is 37.2 Å². The van der Waals surface area contributed by atoms with Gasteiger partial charge in [0, 0.05) is 38.0 Å². The summed E-state index contributed by atoms with van der Waals surface area (Å²) in [6.45, 7) is 7.49. The highest BCUT2D eigenvalue weighted by Gasteiger charge is 2.65. The Labute approximate surface area is 238 Å². The molecule has 1 saturated heterocycles. The monoisotopic (exact) mass is 539 g/mol. The molecule has 5 aliphatic rings. The average Bonchev–Trinajstić information content (AvgIpc) is 3.58. The number of nitrogens with zero attached hydrogens (tertiary/aromatic N) is 1. The standard InChI is InChI=1S/C35H41NO4/c1-4-16-35(32(39)22-40-23(2)37)17-15-31-29-13-9-25-20-27(38)12-14-28(25)33(29)30(21-34(31,35)3)24-7-10-26(11-8-24)36-18-5-6-19-36/h7-8,10-11,20,29-31H,5-6,9,12-15,17-19,21-22H2,1-3H3/t29-,30?,31-,34-,35+/m0/s1. The summed E-state index contributed by atoms with van der Waals surface area (Å²) in [6, 6.07) is 9.17. The summed E-state index contributed by atoms with van der Waals surface area (Å²) in [7, 11) is 0. The number of anilines is 1. The fraction of sp³-hybridized carbons (Fsp3) is 0.571. The molecule has 0 bridgehead atoms. The maximum Gasteiger partial charge on any atom is 0.303 e. The largest absolute Gasteiger partial charge is 0.458 e. The van der Waals surface area contributed by atoms with E-state index in [9.17, 15) is 14.4 Å². The molecule has 1 unspecified atom stereocenters. The Hall–Kier alpha value is -3.13. The highest BCUT2D eigenvalue weighted by Crippen LogP contribution is 2.69. The Morgan fingerprint density at radius 1 is 1.07 bits per heavy atom. The lowest BCUT2D eigenvalue weighted by atomic mass is 9.48. The van der Waals surface area contributed by atoms with Crippen molar-refractivity contribution in [2.24, 2.45) is 22.7 Å². The van der Waals surface area contributed by atoms with Crippen LogP contribution in [0.3, 0.4) is 0 Å². The predicted molar refractivity (Wildman–Crippen MR) is 156 cm³/mol. The van der Waals surface area contributed by atoms with Crippen LogP contribution >= 0.6 is 0 Å². The fourth-order valence-corrected chi connectivity index (χ4v) is 9.12. The molecule has 0 N–H and O–H groups in total. The molecule has 3 fully saturated rings. The van der Waals surface area contributed by atoms with Crippen LogP contribution in [0, 0.1) is 34.5 Å². The first-order valence-corrected chi connectivity index (χ1v) is 15.2. The van der Waals surface area contributed by atoms with E-state index in [4.69, 9.17) is 4.74 Å². The van der Waals surface area contributed by atoms with Gasteiger partial charge in [0.25, 0.3) is 0 Å². The minimum Gasteiger partial charge on any atom is -0.458 e. The van der Waals surface area contributed by atoms with Gasteiger partial charge in [-0.2, -0.15) is 0 Å². The average molecular weight is 540 g/mol. The molecule has 0 radical (unpaired) electrons. The van der Waals surface area contributed by atoms with Gasteiger partial charge >= 0.3 is 5.97 Å². The topological polar surface area (TPSA) is 63.7 Å². The van der Waals surface area contributed by atoms with Gasteiger partial charge in [-0.05, 0) is 110 Å². The van der Waals surface area contributed by atoms with Gasteiger partial charge < -0.3 is 9.64 Å². The van der Waals surface area contributed by atoms with E-state index in [-0.39, 0.29) is 29.5 Å². The van der Waals surface area contributed by atoms with Crippen molar-refractivity contribution >= 4 is 23.2 Å². The van der Waals surface area contributed by atoms with Gasteiger partial charge in [0.15, 0.2) is 18.2 Å². The van der Waals surface area contributed by atoms with Crippen LogP contribution in [-0.2, 0) is 19.1 Å². The van der Waals surface area contributed by atoms with Crippen LogP contribution in [0.2, 0.25) is 0 Å². The number of Topliss-reactive ketones (excluding diaryl/α,β-unsaturated/α-hetero) is 1. The molecule has 0 spiro atoms. The lowest BCUT2D eigenvalue weighted by Gasteiger charge is -2.54. The summed E-state index contributed by atoms with van der Waals surface area (Å²) in [5.41, 5.74) is 5.59. The number of hydrogen-bond acceptors (Lipinski definition) is 5. The molecular weight excluding hydrogens is 498 g/mol. The fourth-order valence-electron chi connectivity index (χ4n) is 9.12. The molecule has 5 atom stereocenters. The maximum absolute atomic E-state index is 13.9. The normalized spacial score (nSPS) is 32.9. The zero-order valence-electron chi connectivity index (χ0n) is 24.2. The van der Waals surface area contributed by atoms with Crippen molar-refractivity contribution in [3.05, 3.63) is 52.6 Å². The van der Waals surface area contributed by atoms with Crippen molar-refractivity contribution < 1.29 is 19.1 Å². The van der Waals surface area contributed by atoms with Gasteiger partial charge in [-0.25, -0.2) is 0 Å². The zero-order chi connectivity index (χ0) is 28.1. The summed E-state index contributed by atoms with van der Waals surface area (Å²) in [5.74, 6) is 7.17.